The Hall–Kier alpha value is -4.36. The smallest absolute Gasteiger partial charge is 0.0958 e. The van der Waals surface area contributed by atoms with Crippen LogP contribution in [-0.2, 0) is 4.74 Å². The van der Waals surface area contributed by atoms with Crippen LogP contribution in [0.5, 0.6) is 0 Å². The van der Waals surface area contributed by atoms with E-state index >= 15 is 0 Å². The van der Waals surface area contributed by atoms with Crippen LogP contribution in [0.4, 0.5) is 0 Å². The van der Waals surface area contributed by atoms with Crippen LogP contribution in [0.3, 0.4) is 0 Å². The lowest BCUT2D eigenvalue weighted by Crippen LogP contribution is -2.54. The van der Waals surface area contributed by atoms with Gasteiger partial charge in [0.05, 0.1) is 23.5 Å². The number of hydrogen-bond donors (Lipinski definition) is 0. The molecule has 4 atom stereocenters. The molecule has 0 saturated carbocycles. The molecule has 53 heavy (non-hydrogen) atoms. The van der Waals surface area contributed by atoms with Gasteiger partial charge in [0.1, 0.15) is 0 Å². The SMILES string of the molecule is CN(C)C1(N(C)C)C=CC(C(c2ccccc2)C(OC(c2ccccc2)C(C2=CCC(N(C)C)(N(C)C)C=C2)c2ccccc2)c2ccccc2)=CC1. The zero-order chi connectivity index (χ0) is 37.6. The maximum atomic E-state index is 7.86. The van der Waals surface area contributed by atoms with Gasteiger partial charge in [0.15, 0.2) is 0 Å². The standard InChI is InChI=1S/C48H58N4O/c1-49(2)47(50(3)4)33-29-39(30-34-47)43(37-21-13-9-14-22-37)45(41-25-17-11-18-26-41)53-46(42-27-19-12-20-28-42)44(38-23-15-10-16-24-38)40-31-35-48(36-32-40,51(5)6)52(7)8/h9-33,35,43-46H,34,36H2,1-8H3. The molecule has 0 amide bonds. The molecule has 0 aliphatic heterocycles. The predicted molar refractivity (Wildman–Crippen MR) is 222 cm³/mol. The van der Waals surface area contributed by atoms with E-state index in [-0.39, 0.29) is 35.4 Å². The highest BCUT2D eigenvalue weighted by molar-refractivity contribution is 5.45. The number of ether oxygens (including phenoxy) is 1. The van der Waals surface area contributed by atoms with Gasteiger partial charge in [-0.25, -0.2) is 0 Å². The van der Waals surface area contributed by atoms with Gasteiger partial charge in [0.25, 0.3) is 0 Å². The van der Waals surface area contributed by atoms with Crippen molar-refractivity contribution in [2.45, 2.75) is 48.2 Å². The maximum absolute atomic E-state index is 7.86. The first-order chi connectivity index (χ1) is 25.6. The van der Waals surface area contributed by atoms with Crippen molar-refractivity contribution in [2.75, 3.05) is 56.4 Å². The Labute approximate surface area is 319 Å². The summed E-state index contributed by atoms with van der Waals surface area (Å²) in [5, 5.41) is 0. The van der Waals surface area contributed by atoms with Gasteiger partial charge in [-0.15, -0.1) is 0 Å². The van der Waals surface area contributed by atoms with Gasteiger partial charge in [-0.2, -0.15) is 0 Å². The summed E-state index contributed by atoms with van der Waals surface area (Å²) in [5.41, 5.74) is 6.93. The van der Waals surface area contributed by atoms with Crippen molar-refractivity contribution < 1.29 is 4.74 Å². The van der Waals surface area contributed by atoms with E-state index in [0.29, 0.717) is 0 Å². The molecule has 0 bridgehead atoms. The first-order valence-electron chi connectivity index (χ1n) is 18.9. The second-order valence-corrected chi connectivity index (χ2v) is 15.4. The van der Waals surface area contributed by atoms with Gasteiger partial charge >= 0.3 is 0 Å². The number of likely N-dealkylation sites (N-methyl/N-ethyl adjacent to an activating group) is 4. The van der Waals surface area contributed by atoms with Crippen molar-refractivity contribution in [1.82, 2.24) is 19.6 Å². The first kappa shape index (κ1) is 38.4. The molecular weight excluding hydrogens is 649 g/mol. The summed E-state index contributed by atoms with van der Waals surface area (Å²) in [5.74, 6) is -0.100. The van der Waals surface area contributed by atoms with E-state index in [2.05, 4.69) is 234 Å². The lowest BCUT2D eigenvalue weighted by Gasteiger charge is -2.45. The Balaban J connectivity index is 1.52. The molecule has 4 aromatic rings. The zero-order valence-corrected chi connectivity index (χ0v) is 32.9. The molecule has 6 rings (SSSR count). The third kappa shape index (κ3) is 7.96. The van der Waals surface area contributed by atoms with Crippen molar-refractivity contribution in [2.24, 2.45) is 0 Å². The molecule has 0 saturated heterocycles. The van der Waals surface area contributed by atoms with E-state index in [1.54, 1.807) is 0 Å². The fraction of sp³-hybridized carbons (Fsp3) is 0.333. The van der Waals surface area contributed by atoms with Crippen LogP contribution >= 0.6 is 0 Å². The summed E-state index contributed by atoms with van der Waals surface area (Å²) in [7, 11) is 17.3. The van der Waals surface area contributed by atoms with Crippen LogP contribution in [0.1, 0.15) is 59.1 Å². The van der Waals surface area contributed by atoms with Gasteiger partial charge in [-0.05, 0) is 102 Å². The molecule has 0 heterocycles. The molecule has 2 aliphatic rings. The molecular formula is C48H58N4O. The molecule has 0 N–H and O–H groups in total. The summed E-state index contributed by atoms with van der Waals surface area (Å²) in [4.78, 5) is 9.23. The van der Waals surface area contributed by atoms with E-state index < -0.39 is 0 Å². The zero-order valence-electron chi connectivity index (χ0n) is 32.9. The lowest BCUT2D eigenvalue weighted by atomic mass is 9.77. The van der Waals surface area contributed by atoms with Crippen molar-refractivity contribution in [3.63, 3.8) is 0 Å². The average molecular weight is 707 g/mol. The summed E-state index contributed by atoms with van der Waals surface area (Å²) >= 11 is 0. The highest BCUT2D eigenvalue weighted by Crippen LogP contribution is 2.50. The second kappa shape index (κ2) is 16.8. The Morgan fingerprint density at radius 1 is 0.415 bits per heavy atom. The van der Waals surface area contributed by atoms with Gasteiger partial charge in [0.2, 0.25) is 0 Å². The molecule has 4 unspecified atom stereocenters. The highest BCUT2D eigenvalue weighted by Gasteiger charge is 2.40. The van der Waals surface area contributed by atoms with E-state index in [4.69, 9.17) is 4.74 Å². The lowest BCUT2D eigenvalue weighted by molar-refractivity contribution is -0.0332. The van der Waals surface area contributed by atoms with Crippen LogP contribution < -0.4 is 0 Å². The van der Waals surface area contributed by atoms with Crippen LogP contribution in [0.2, 0.25) is 0 Å². The Morgan fingerprint density at radius 3 is 0.943 bits per heavy atom. The number of allylic oxidation sites excluding steroid dienone is 2. The fourth-order valence-corrected chi connectivity index (χ4v) is 8.40. The largest absolute Gasteiger partial charge is 0.364 e. The van der Waals surface area contributed by atoms with E-state index in [9.17, 15) is 0 Å². The van der Waals surface area contributed by atoms with Crippen LogP contribution in [0, 0.1) is 0 Å². The quantitative estimate of drug-likeness (QED) is 0.122. The normalized spacial score (nSPS) is 18.9. The minimum Gasteiger partial charge on any atom is -0.364 e. The molecule has 5 nitrogen and oxygen atoms in total. The Morgan fingerprint density at radius 2 is 0.698 bits per heavy atom. The molecule has 276 valence electrons. The van der Waals surface area contributed by atoms with Crippen LogP contribution in [0.25, 0.3) is 0 Å². The van der Waals surface area contributed by atoms with Crippen molar-refractivity contribution in [3.8, 4) is 0 Å². The molecule has 5 heteroatoms. The van der Waals surface area contributed by atoms with Crippen molar-refractivity contribution in [3.05, 3.63) is 191 Å². The minimum atomic E-state index is -0.284. The number of rotatable bonds is 14. The monoisotopic (exact) mass is 706 g/mol. The van der Waals surface area contributed by atoms with Crippen molar-refractivity contribution in [1.29, 1.82) is 0 Å². The summed E-state index contributed by atoms with van der Waals surface area (Å²) in [6.07, 6.45) is 15.5. The summed E-state index contributed by atoms with van der Waals surface area (Å²) in [6.45, 7) is 0. The molecule has 0 radical (unpaired) electrons. The summed E-state index contributed by atoms with van der Waals surface area (Å²) in [6, 6.07) is 43.6. The molecule has 2 aliphatic carbocycles. The topological polar surface area (TPSA) is 22.2 Å². The number of hydrogen-bond acceptors (Lipinski definition) is 5. The molecule has 0 fully saturated rings. The molecule has 0 spiro atoms. The van der Waals surface area contributed by atoms with Crippen LogP contribution in [0.15, 0.2) is 169 Å². The number of benzene rings is 4. The van der Waals surface area contributed by atoms with Crippen molar-refractivity contribution >= 4 is 0 Å². The summed E-state index contributed by atoms with van der Waals surface area (Å²) < 4.78 is 7.86. The first-order valence-corrected chi connectivity index (χ1v) is 18.9. The third-order valence-corrected chi connectivity index (χ3v) is 11.7. The fourth-order valence-electron chi connectivity index (χ4n) is 8.40. The third-order valence-electron chi connectivity index (χ3n) is 11.7. The highest BCUT2D eigenvalue weighted by atomic mass is 16.5. The molecule has 4 aromatic carbocycles. The van der Waals surface area contributed by atoms with Gasteiger partial charge in [0, 0.05) is 24.7 Å². The second-order valence-electron chi connectivity index (χ2n) is 15.4. The van der Waals surface area contributed by atoms with Gasteiger partial charge in [-0.3, -0.25) is 19.6 Å². The molecule has 0 aromatic heterocycles. The van der Waals surface area contributed by atoms with Gasteiger partial charge < -0.3 is 4.74 Å². The number of nitrogens with zero attached hydrogens (tertiary/aromatic N) is 4. The van der Waals surface area contributed by atoms with Crippen LogP contribution in [-0.4, -0.2) is 87.3 Å². The Bertz CT molecular complexity index is 1720. The minimum absolute atomic E-state index is 0.0502. The predicted octanol–water partition coefficient (Wildman–Crippen LogP) is 9.46. The van der Waals surface area contributed by atoms with E-state index in [0.717, 1.165) is 24.0 Å². The maximum Gasteiger partial charge on any atom is 0.0958 e. The van der Waals surface area contributed by atoms with E-state index in [1.807, 2.05) is 0 Å². The van der Waals surface area contributed by atoms with Gasteiger partial charge in [-0.1, -0.05) is 146 Å². The Kier molecular flexibility index (Phi) is 12.1. The average Bonchev–Trinajstić information content (AvgIpc) is 3.19. The van der Waals surface area contributed by atoms with E-state index in [1.165, 1.54) is 22.3 Å².